The average molecular weight is 876 g/mol. The molecule has 62 heavy (non-hydrogen) atoms. The lowest BCUT2D eigenvalue weighted by atomic mass is 9.85. The maximum atomic E-state index is 12.9. The molecule has 0 bridgehead atoms. The van der Waals surface area contributed by atoms with Gasteiger partial charge in [-0.25, -0.2) is 0 Å². The van der Waals surface area contributed by atoms with E-state index in [0.29, 0.717) is 24.3 Å². The van der Waals surface area contributed by atoms with Crippen LogP contribution in [0.2, 0.25) is 0 Å². The van der Waals surface area contributed by atoms with E-state index in [1.807, 2.05) is 0 Å². The molecule has 0 amide bonds. The van der Waals surface area contributed by atoms with Gasteiger partial charge in [0.2, 0.25) is 0 Å². The van der Waals surface area contributed by atoms with Gasteiger partial charge >= 0.3 is 5.97 Å². The van der Waals surface area contributed by atoms with E-state index in [2.05, 4.69) is 50.2 Å². The summed E-state index contributed by atoms with van der Waals surface area (Å²) in [6, 6.07) is 0. The average Bonchev–Trinajstić information content (AvgIpc) is 3.26. The third kappa shape index (κ3) is 33.1. The van der Waals surface area contributed by atoms with Crippen LogP contribution in [0.1, 0.15) is 253 Å². The molecule has 0 aromatic heterocycles. The van der Waals surface area contributed by atoms with Crippen molar-refractivity contribution in [2.75, 3.05) is 43.9 Å². The largest absolute Gasteiger partial charge is 0.483 e. The summed E-state index contributed by atoms with van der Waals surface area (Å²) in [7, 11) is 1.69. The Morgan fingerprint density at radius 1 is 0.565 bits per heavy atom. The van der Waals surface area contributed by atoms with Crippen molar-refractivity contribution in [2.24, 2.45) is 11.8 Å². The number of nitrogens with zero attached hydrogens (tertiary/aromatic N) is 1. The molecule has 0 saturated carbocycles. The zero-order valence-corrected chi connectivity index (χ0v) is 41.6. The van der Waals surface area contributed by atoms with Crippen LogP contribution in [0.15, 0.2) is 9.59 Å². The van der Waals surface area contributed by atoms with E-state index >= 15 is 0 Å². The highest BCUT2D eigenvalue weighted by atomic mass is 16.5. The predicted octanol–water partition coefficient (Wildman–Crippen LogP) is 14.2. The van der Waals surface area contributed by atoms with Crippen molar-refractivity contribution in [1.82, 2.24) is 4.90 Å². The van der Waals surface area contributed by atoms with Crippen LogP contribution in [0.25, 0.3) is 0 Å². The molecule has 1 rings (SSSR count). The normalized spacial score (nSPS) is 12.0. The quantitative estimate of drug-likeness (QED) is 0.0254. The van der Waals surface area contributed by atoms with Gasteiger partial charge in [0, 0.05) is 20.0 Å². The van der Waals surface area contributed by atoms with Gasteiger partial charge in [0.25, 0.3) is 17.3 Å². The molecule has 0 aliphatic rings. The van der Waals surface area contributed by atoms with Crippen molar-refractivity contribution < 1.29 is 19.4 Å². The summed E-state index contributed by atoms with van der Waals surface area (Å²) in [4.78, 5) is 47.6. The number of unbranched alkanes of at least 4 members (excludes halogenated alkanes) is 23. The maximum absolute atomic E-state index is 12.9. The Bertz CT molecular complexity index is 1200. The molecule has 0 spiro atoms. The summed E-state index contributed by atoms with van der Waals surface area (Å²) < 4.78 is 6.08. The van der Waals surface area contributed by atoms with E-state index < -0.39 is 10.9 Å². The van der Waals surface area contributed by atoms with E-state index in [1.165, 1.54) is 173 Å². The lowest BCUT2D eigenvalue weighted by Crippen LogP contribution is -2.37. The molecular weight excluding hydrogens is 775 g/mol. The molecule has 0 saturated heterocycles. The van der Waals surface area contributed by atoms with Crippen LogP contribution in [-0.4, -0.2) is 61.8 Å². The van der Waals surface area contributed by atoms with E-state index in [0.717, 1.165) is 70.0 Å². The van der Waals surface area contributed by atoms with Crippen LogP contribution in [0, 0.1) is 11.8 Å². The monoisotopic (exact) mass is 876 g/mol. The Morgan fingerprint density at radius 2 is 0.935 bits per heavy atom. The second kappa shape index (κ2) is 43.8. The summed E-state index contributed by atoms with van der Waals surface area (Å²) in [6.45, 7) is 15.3. The summed E-state index contributed by atoms with van der Waals surface area (Å²) >= 11 is 0. The summed E-state index contributed by atoms with van der Waals surface area (Å²) in [5, 5.41) is 13.0. The fourth-order valence-electron chi connectivity index (χ4n) is 8.87. The third-order valence-electron chi connectivity index (χ3n) is 12.9. The summed E-state index contributed by atoms with van der Waals surface area (Å²) in [5.41, 5.74) is 0.0548. The first-order chi connectivity index (χ1) is 30.2. The predicted molar refractivity (Wildman–Crippen MR) is 267 cm³/mol. The van der Waals surface area contributed by atoms with Crippen LogP contribution in [-0.2, 0) is 14.3 Å². The number of rotatable bonds is 45. The molecule has 1 aromatic rings. The highest BCUT2D eigenvalue weighted by molar-refractivity contribution is 5.73. The second-order valence-electron chi connectivity index (χ2n) is 18.7. The molecule has 1 unspecified atom stereocenters. The van der Waals surface area contributed by atoms with E-state index in [4.69, 9.17) is 14.6 Å². The molecule has 9 nitrogen and oxygen atoms in total. The minimum atomic E-state index is -0.415. The first-order valence-corrected chi connectivity index (χ1v) is 26.4. The van der Waals surface area contributed by atoms with Crippen LogP contribution in [0.3, 0.4) is 0 Å². The van der Waals surface area contributed by atoms with E-state index in [9.17, 15) is 14.4 Å². The second-order valence-corrected chi connectivity index (χ2v) is 18.7. The molecule has 364 valence electrons. The Labute approximate surface area is 382 Å². The number of nitrogens with one attached hydrogen (secondary N) is 2. The molecule has 0 aliphatic carbocycles. The van der Waals surface area contributed by atoms with Gasteiger partial charge in [-0.05, 0) is 82.8 Å². The van der Waals surface area contributed by atoms with Crippen LogP contribution < -0.4 is 21.5 Å². The van der Waals surface area contributed by atoms with Gasteiger partial charge in [-0.15, -0.1) is 0 Å². The Hall–Kier alpha value is -2.42. The van der Waals surface area contributed by atoms with Gasteiger partial charge in [-0.1, -0.05) is 195 Å². The minimum absolute atomic E-state index is 0.0188. The van der Waals surface area contributed by atoms with Crippen LogP contribution >= 0.6 is 0 Å². The van der Waals surface area contributed by atoms with E-state index in [-0.39, 0.29) is 18.5 Å². The van der Waals surface area contributed by atoms with Crippen LogP contribution in [0.5, 0.6) is 0 Å². The lowest BCUT2D eigenvalue weighted by molar-refractivity contribution is -0.150. The fraction of sp³-hybridized carbons (Fsp3) is 0.887. The number of carbonyl (C=O) groups is 2. The SMILES string of the molecule is CCCCCCCCC(CCCCCCCC)OC(=O)CCCCCCCN(CCCCCCCCCC(CCCCCC)C(C)C)CCCNc1c(NC)c(=O)c1=O.O=CO. The number of carbonyl (C=O) groups excluding carboxylic acids is 1. The van der Waals surface area contributed by atoms with Gasteiger partial charge in [0.1, 0.15) is 17.5 Å². The number of hydrogen-bond acceptors (Lipinski definition) is 8. The zero-order valence-electron chi connectivity index (χ0n) is 41.6. The Balaban J connectivity index is 0.0000120. The number of esters is 1. The van der Waals surface area contributed by atoms with Crippen molar-refractivity contribution in [3.63, 3.8) is 0 Å². The van der Waals surface area contributed by atoms with Gasteiger partial charge in [-0.2, -0.15) is 0 Å². The molecule has 0 heterocycles. The smallest absolute Gasteiger partial charge is 0.306 e. The lowest BCUT2D eigenvalue weighted by Gasteiger charge is -2.23. The number of anilines is 2. The first-order valence-electron chi connectivity index (χ1n) is 26.4. The number of carboxylic acid groups (broad SMARTS) is 1. The zero-order chi connectivity index (χ0) is 45.9. The van der Waals surface area contributed by atoms with Crippen molar-refractivity contribution in [2.45, 2.75) is 259 Å². The molecule has 3 N–H and O–H groups in total. The van der Waals surface area contributed by atoms with Crippen molar-refractivity contribution in [3.05, 3.63) is 20.4 Å². The van der Waals surface area contributed by atoms with Crippen molar-refractivity contribution >= 4 is 23.8 Å². The molecule has 1 aromatic carbocycles. The number of ether oxygens (including phenoxy) is 1. The third-order valence-corrected chi connectivity index (χ3v) is 12.9. The van der Waals surface area contributed by atoms with Crippen LogP contribution in [0.4, 0.5) is 11.4 Å². The van der Waals surface area contributed by atoms with Gasteiger partial charge < -0.3 is 25.4 Å². The molecule has 0 aliphatic heterocycles. The minimum Gasteiger partial charge on any atom is -0.483 e. The van der Waals surface area contributed by atoms with Crippen molar-refractivity contribution in [3.8, 4) is 0 Å². The molecule has 0 fully saturated rings. The first kappa shape index (κ1) is 59.6. The van der Waals surface area contributed by atoms with Gasteiger partial charge in [-0.3, -0.25) is 19.2 Å². The van der Waals surface area contributed by atoms with E-state index in [1.54, 1.807) is 7.05 Å². The summed E-state index contributed by atoms with van der Waals surface area (Å²) in [5.74, 6) is 1.74. The number of hydrogen-bond donors (Lipinski definition) is 3. The molecule has 0 radical (unpaired) electrons. The Morgan fingerprint density at radius 3 is 1.39 bits per heavy atom. The molecule has 9 heteroatoms. The molecular formula is C53H101N3O6. The van der Waals surface area contributed by atoms with Gasteiger partial charge in [0.05, 0.1) is 0 Å². The highest BCUT2D eigenvalue weighted by Gasteiger charge is 2.19. The Kier molecular flexibility index (Phi) is 42.1. The van der Waals surface area contributed by atoms with Crippen molar-refractivity contribution in [1.29, 1.82) is 0 Å². The van der Waals surface area contributed by atoms with Gasteiger partial charge in [0.15, 0.2) is 0 Å². The topological polar surface area (TPSA) is 125 Å². The maximum Gasteiger partial charge on any atom is 0.306 e. The summed E-state index contributed by atoms with van der Waals surface area (Å²) in [6.07, 6.45) is 42.3. The fourth-order valence-corrected chi connectivity index (χ4v) is 8.87. The standard InChI is InChI=1S/C52H99N3O4.CH2O2/c1-7-10-13-16-23-30-38-47(39-31-24-17-14-11-8-2)59-48(56)40-32-25-21-27-34-43-55(44-35-41-54-50-49(53-6)51(57)52(50)58)42-33-26-20-18-19-22-29-37-46(45(4)5)36-28-15-12-9-3;2-1-3/h45-47,53-54H,7-44H2,1-6H3;1H,(H,2,3). The highest BCUT2D eigenvalue weighted by Crippen LogP contribution is 2.26. The molecule has 1 atom stereocenters.